The summed E-state index contributed by atoms with van der Waals surface area (Å²) in [5.41, 5.74) is 4.43. The summed E-state index contributed by atoms with van der Waals surface area (Å²) in [5, 5.41) is 2.33. The summed E-state index contributed by atoms with van der Waals surface area (Å²) >= 11 is 12.6. The molecule has 0 aromatic heterocycles. The highest BCUT2D eigenvalue weighted by Crippen LogP contribution is 2.41. The van der Waals surface area contributed by atoms with E-state index in [1.807, 2.05) is 60.7 Å². The molecule has 204 valence electrons. The van der Waals surface area contributed by atoms with Gasteiger partial charge in [-0.05, 0) is 77.4 Å². The summed E-state index contributed by atoms with van der Waals surface area (Å²) in [5.74, 6) is -0.207. The largest absolute Gasteiger partial charge is 0.497 e. The van der Waals surface area contributed by atoms with Crippen molar-refractivity contribution in [3.05, 3.63) is 166 Å². The van der Waals surface area contributed by atoms with Crippen molar-refractivity contribution in [2.45, 2.75) is 5.41 Å². The Morgan fingerprint density at radius 2 is 1.07 bits per heavy atom. The number of hydrazine groups is 1. The van der Waals surface area contributed by atoms with Crippen molar-refractivity contribution >= 4 is 40.7 Å². The fourth-order valence-electron chi connectivity index (χ4n) is 4.84. The van der Waals surface area contributed by atoms with Crippen LogP contribution in [0, 0.1) is 0 Å². The molecule has 0 aliphatic heterocycles. The van der Waals surface area contributed by atoms with Gasteiger partial charge in [0.05, 0.1) is 12.8 Å². The van der Waals surface area contributed by atoms with Gasteiger partial charge in [0.25, 0.3) is 11.8 Å². The zero-order chi connectivity index (χ0) is 28.8. The zero-order valence-electron chi connectivity index (χ0n) is 22.1. The lowest BCUT2D eigenvalue weighted by Gasteiger charge is -2.36. The van der Waals surface area contributed by atoms with Gasteiger partial charge in [-0.2, -0.15) is 0 Å². The van der Waals surface area contributed by atoms with E-state index in [1.165, 1.54) is 5.01 Å². The molecule has 0 aliphatic carbocycles. The fourth-order valence-corrected chi connectivity index (χ4v) is 5.09. The second kappa shape index (κ2) is 12.3. The second-order valence-corrected chi connectivity index (χ2v) is 10.1. The number of rotatable bonds is 7. The van der Waals surface area contributed by atoms with Crippen molar-refractivity contribution in [3.63, 3.8) is 0 Å². The van der Waals surface area contributed by atoms with Crippen LogP contribution < -0.4 is 15.2 Å². The number of methoxy groups -OCH3 is 1. The highest BCUT2D eigenvalue weighted by molar-refractivity contribution is 6.31. The SMILES string of the molecule is COc1ccc(C(C(=O)NN(C(=O)c2ccccc2)c2ccccc2)(c2ccc(Cl)cc2)c2ccc(Cl)cc2)cc1. The van der Waals surface area contributed by atoms with E-state index in [9.17, 15) is 9.59 Å². The van der Waals surface area contributed by atoms with Crippen molar-refractivity contribution in [1.82, 2.24) is 5.43 Å². The van der Waals surface area contributed by atoms with Crippen LogP contribution in [0.15, 0.2) is 133 Å². The van der Waals surface area contributed by atoms with E-state index in [-0.39, 0.29) is 5.91 Å². The molecule has 0 saturated carbocycles. The molecule has 5 nitrogen and oxygen atoms in total. The van der Waals surface area contributed by atoms with Crippen molar-refractivity contribution in [1.29, 1.82) is 0 Å². The number of ether oxygens (including phenoxy) is 1. The lowest BCUT2D eigenvalue weighted by atomic mass is 9.68. The summed E-state index contributed by atoms with van der Waals surface area (Å²) in [6, 6.07) is 39.3. The Morgan fingerprint density at radius 3 is 1.54 bits per heavy atom. The summed E-state index contributed by atoms with van der Waals surface area (Å²) in [6.07, 6.45) is 0. The Hall–Kier alpha value is -4.58. The molecular formula is C34H26Cl2N2O3. The number of amides is 2. The van der Waals surface area contributed by atoms with E-state index in [4.69, 9.17) is 27.9 Å². The monoisotopic (exact) mass is 580 g/mol. The van der Waals surface area contributed by atoms with Crippen molar-refractivity contribution < 1.29 is 14.3 Å². The van der Waals surface area contributed by atoms with Crippen molar-refractivity contribution in [3.8, 4) is 5.75 Å². The van der Waals surface area contributed by atoms with E-state index in [1.54, 1.807) is 79.9 Å². The maximum Gasteiger partial charge on any atom is 0.277 e. The van der Waals surface area contributed by atoms with E-state index in [2.05, 4.69) is 5.43 Å². The lowest BCUT2D eigenvalue weighted by molar-refractivity contribution is -0.124. The first-order chi connectivity index (χ1) is 19.9. The van der Waals surface area contributed by atoms with Crippen LogP contribution in [-0.2, 0) is 10.2 Å². The van der Waals surface area contributed by atoms with Crippen LogP contribution in [0.3, 0.4) is 0 Å². The minimum Gasteiger partial charge on any atom is -0.497 e. The third kappa shape index (κ3) is 5.68. The summed E-state index contributed by atoms with van der Waals surface area (Å²) in [7, 11) is 1.58. The molecule has 5 aromatic carbocycles. The summed E-state index contributed by atoms with van der Waals surface area (Å²) in [4.78, 5) is 28.8. The van der Waals surface area contributed by atoms with Crippen LogP contribution in [0.1, 0.15) is 27.0 Å². The smallest absolute Gasteiger partial charge is 0.277 e. The van der Waals surface area contributed by atoms with Crippen molar-refractivity contribution in [2.75, 3.05) is 12.1 Å². The Balaban J connectivity index is 1.73. The number of benzene rings is 5. The Morgan fingerprint density at radius 1 is 0.634 bits per heavy atom. The van der Waals surface area contributed by atoms with Gasteiger partial charge >= 0.3 is 0 Å². The Bertz CT molecular complexity index is 1580. The highest BCUT2D eigenvalue weighted by atomic mass is 35.5. The number of hydrogen-bond donors (Lipinski definition) is 1. The first-order valence-corrected chi connectivity index (χ1v) is 13.6. The maximum absolute atomic E-state index is 14.9. The third-order valence-corrected chi connectivity index (χ3v) is 7.37. The minimum absolute atomic E-state index is 0.388. The standard InChI is InChI=1S/C34H26Cl2N2O3/c1-41-31-22-16-27(17-23-31)34(25-12-18-28(35)19-13-25,26-14-20-29(36)21-15-26)33(40)37-38(30-10-6-3-7-11-30)32(39)24-8-4-2-5-9-24/h2-23H,1H3,(H,37,40). The molecule has 0 spiro atoms. The summed E-state index contributed by atoms with van der Waals surface area (Å²) < 4.78 is 5.40. The molecule has 0 radical (unpaired) electrons. The van der Waals surface area contributed by atoms with E-state index >= 15 is 0 Å². The van der Waals surface area contributed by atoms with Gasteiger partial charge in [0.15, 0.2) is 0 Å². The van der Waals surface area contributed by atoms with Crippen LogP contribution in [-0.4, -0.2) is 18.9 Å². The second-order valence-electron chi connectivity index (χ2n) is 9.28. The normalized spacial score (nSPS) is 11.0. The van der Waals surface area contributed by atoms with Gasteiger partial charge in [0, 0.05) is 15.6 Å². The molecule has 5 aromatic rings. The number of nitrogens with zero attached hydrogens (tertiary/aromatic N) is 1. The first kappa shape index (κ1) is 28.0. The lowest BCUT2D eigenvalue weighted by Crippen LogP contribution is -2.55. The predicted molar refractivity (Wildman–Crippen MR) is 164 cm³/mol. The average molecular weight is 581 g/mol. The first-order valence-electron chi connectivity index (χ1n) is 12.9. The Kier molecular flexibility index (Phi) is 8.39. The summed E-state index contributed by atoms with van der Waals surface area (Å²) in [6.45, 7) is 0. The van der Waals surface area contributed by atoms with Gasteiger partial charge in [-0.15, -0.1) is 0 Å². The van der Waals surface area contributed by atoms with Gasteiger partial charge in [-0.1, -0.05) is 96.0 Å². The minimum atomic E-state index is -1.41. The molecule has 5 rings (SSSR count). The molecule has 1 N–H and O–H groups in total. The number of carbonyl (C=O) groups excluding carboxylic acids is 2. The molecule has 0 heterocycles. The molecule has 0 aliphatic rings. The predicted octanol–water partition coefficient (Wildman–Crippen LogP) is 7.71. The van der Waals surface area contributed by atoms with Crippen LogP contribution in [0.2, 0.25) is 10.0 Å². The van der Waals surface area contributed by atoms with Crippen LogP contribution in [0.25, 0.3) is 0 Å². The molecule has 0 atom stereocenters. The third-order valence-electron chi connectivity index (χ3n) is 6.87. The van der Waals surface area contributed by atoms with Gasteiger partial charge in [-0.25, -0.2) is 5.01 Å². The number of nitrogens with one attached hydrogen (secondary N) is 1. The van der Waals surface area contributed by atoms with Crippen LogP contribution >= 0.6 is 23.2 Å². The van der Waals surface area contributed by atoms with Crippen LogP contribution in [0.4, 0.5) is 5.69 Å². The molecular weight excluding hydrogens is 555 g/mol. The van der Waals surface area contributed by atoms with Crippen molar-refractivity contribution in [2.24, 2.45) is 0 Å². The van der Waals surface area contributed by atoms with Gasteiger partial charge in [0.1, 0.15) is 11.2 Å². The number of para-hydroxylation sites is 1. The van der Waals surface area contributed by atoms with E-state index in [0.29, 0.717) is 43.7 Å². The number of hydrogen-bond acceptors (Lipinski definition) is 3. The quantitative estimate of drug-likeness (QED) is 0.158. The van der Waals surface area contributed by atoms with Gasteiger partial charge < -0.3 is 4.74 Å². The molecule has 0 unspecified atom stereocenters. The van der Waals surface area contributed by atoms with E-state index < -0.39 is 11.3 Å². The maximum atomic E-state index is 14.9. The number of carbonyl (C=O) groups is 2. The molecule has 0 fully saturated rings. The number of anilines is 1. The van der Waals surface area contributed by atoms with E-state index in [0.717, 1.165) is 0 Å². The highest BCUT2D eigenvalue weighted by Gasteiger charge is 2.45. The average Bonchev–Trinajstić information content (AvgIpc) is 3.02. The molecule has 7 heteroatoms. The fraction of sp³-hybridized carbons (Fsp3) is 0.0588. The number of halogens is 2. The van der Waals surface area contributed by atoms with Gasteiger partial charge in [0.2, 0.25) is 0 Å². The molecule has 2 amide bonds. The topological polar surface area (TPSA) is 58.6 Å². The molecule has 0 bridgehead atoms. The zero-order valence-corrected chi connectivity index (χ0v) is 23.6. The van der Waals surface area contributed by atoms with Crippen LogP contribution in [0.5, 0.6) is 5.75 Å². The molecule has 41 heavy (non-hydrogen) atoms. The molecule has 0 saturated heterocycles. The van der Waals surface area contributed by atoms with Gasteiger partial charge in [-0.3, -0.25) is 15.0 Å². The Labute approximate surface area is 248 Å².